The predicted octanol–water partition coefficient (Wildman–Crippen LogP) is 4.48. The van der Waals surface area contributed by atoms with Gasteiger partial charge in [0.1, 0.15) is 0 Å². The molecule has 19 heavy (non-hydrogen) atoms. The Balaban J connectivity index is 1.75. The highest BCUT2D eigenvalue weighted by atomic mass is 32.2. The summed E-state index contributed by atoms with van der Waals surface area (Å²) in [5.41, 5.74) is 0. The fraction of sp³-hybridized carbons (Fsp3) is 0.938. The van der Waals surface area contributed by atoms with E-state index in [1.165, 1.54) is 62.9 Å². The van der Waals surface area contributed by atoms with Crippen molar-refractivity contribution in [1.82, 2.24) is 4.90 Å². The molecule has 0 aromatic rings. The highest BCUT2D eigenvalue weighted by Crippen LogP contribution is 2.13. The summed E-state index contributed by atoms with van der Waals surface area (Å²) in [5, 5.41) is 0. The van der Waals surface area contributed by atoms with Crippen molar-refractivity contribution in [2.45, 2.75) is 71.1 Å². The minimum Gasteiger partial charge on any atom is -0.343 e. The molecule has 0 bridgehead atoms. The largest absolute Gasteiger partial charge is 0.343 e. The maximum Gasteiger partial charge on any atom is 0.222 e. The van der Waals surface area contributed by atoms with Crippen LogP contribution in [0.2, 0.25) is 0 Å². The number of carbonyl (C=O) groups is 1. The van der Waals surface area contributed by atoms with Crippen molar-refractivity contribution in [3.63, 3.8) is 0 Å². The molecule has 3 heteroatoms. The van der Waals surface area contributed by atoms with Crippen molar-refractivity contribution >= 4 is 17.7 Å². The van der Waals surface area contributed by atoms with Gasteiger partial charge in [0.05, 0.1) is 0 Å². The zero-order valence-electron chi connectivity index (χ0n) is 12.7. The molecule has 0 N–H and O–H groups in total. The topological polar surface area (TPSA) is 20.3 Å². The lowest BCUT2D eigenvalue weighted by Gasteiger charge is -2.14. The van der Waals surface area contributed by atoms with E-state index in [1.54, 1.807) is 0 Å². The van der Waals surface area contributed by atoms with Crippen molar-refractivity contribution in [1.29, 1.82) is 0 Å². The Morgan fingerprint density at radius 1 is 1.00 bits per heavy atom. The van der Waals surface area contributed by atoms with Gasteiger partial charge in [-0.05, 0) is 37.2 Å². The van der Waals surface area contributed by atoms with Crippen LogP contribution in [0.4, 0.5) is 0 Å². The summed E-state index contributed by atoms with van der Waals surface area (Å²) < 4.78 is 0. The van der Waals surface area contributed by atoms with E-state index < -0.39 is 0 Å². The molecule has 0 saturated carbocycles. The summed E-state index contributed by atoms with van der Waals surface area (Å²) in [6.45, 7) is 4.27. The van der Waals surface area contributed by atoms with Gasteiger partial charge in [-0.2, -0.15) is 11.8 Å². The maximum absolute atomic E-state index is 11.4. The van der Waals surface area contributed by atoms with Gasteiger partial charge in [-0.3, -0.25) is 4.79 Å². The third-order valence-corrected chi connectivity index (χ3v) is 4.94. The van der Waals surface area contributed by atoms with Crippen LogP contribution in [0.1, 0.15) is 71.1 Å². The predicted molar refractivity (Wildman–Crippen MR) is 85.7 cm³/mol. The van der Waals surface area contributed by atoms with Crippen LogP contribution < -0.4 is 0 Å². The van der Waals surface area contributed by atoms with E-state index in [0.29, 0.717) is 5.91 Å². The summed E-state index contributed by atoms with van der Waals surface area (Å²) in [6, 6.07) is 0. The number of likely N-dealkylation sites (tertiary alicyclic amines) is 1. The minimum atomic E-state index is 0.375. The van der Waals surface area contributed by atoms with Crippen molar-refractivity contribution in [2.24, 2.45) is 0 Å². The van der Waals surface area contributed by atoms with Crippen LogP contribution in [0.5, 0.6) is 0 Å². The number of amides is 1. The first-order valence-corrected chi connectivity index (χ1v) is 9.35. The van der Waals surface area contributed by atoms with Gasteiger partial charge in [0.15, 0.2) is 0 Å². The molecule has 0 atom stereocenters. The number of rotatable bonds is 12. The Labute approximate surface area is 123 Å². The first kappa shape index (κ1) is 16.9. The molecule has 0 aromatic carbocycles. The number of thioether (sulfide) groups is 1. The molecular formula is C16H31NOS. The van der Waals surface area contributed by atoms with E-state index in [9.17, 15) is 4.79 Å². The van der Waals surface area contributed by atoms with Crippen molar-refractivity contribution in [3.05, 3.63) is 0 Å². The standard InChI is InChI=1S/C16H31NOS/c1-2-3-4-5-6-8-14-19-15-9-7-12-17-13-10-11-16(17)18/h2-15H2,1H3. The van der Waals surface area contributed by atoms with E-state index in [4.69, 9.17) is 0 Å². The highest BCUT2D eigenvalue weighted by molar-refractivity contribution is 7.99. The van der Waals surface area contributed by atoms with Gasteiger partial charge >= 0.3 is 0 Å². The van der Waals surface area contributed by atoms with Crippen LogP contribution >= 0.6 is 11.8 Å². The van der Waals surface area contributed by atoms with Gasteiger partial charge in [-0.25, -0.2) is 0 Å². The Hall–Kier alpha value is -0.180. The SMILES string of the molecule is CCCCCCCCSCCCCN1CCCC1=O. The number of unbranched alkanes of at least 4 members (excludes halogenated alkanes) is 6. The molecular weight excluding hydrogens is 254 g/mol. The van der Waals surface area contributed by atoms with Gasteiger partial charge in [-0.1, -0.05) is 39.0 Å². The normalized spacial score (nSPS) is 15.4. The van der Waals surface area contributed by atoms with Gasteiger partial charge in [0, 0.05) is 19.5 Å². The summed E-state index contributed by atoms with van der Waals surface area (Å²) >= 11 is 2.10. The third kappa shape index (κ3) is 8.56. The molecule has 1 saturated heterocycles. The van der Waals surface area contributed by atoms with Crippen LogP contribution in [0, 0.1) is 0 Å². The zero-order valence-corrected chi connectivity index (χ0v) is 13.5. The van der Waals surface area contributed by atoms with Crippen molar-refractivity contribution in [2.75, 3.05) is 24.6 Å². The fourth-order valence-electron chi connectivity index (χ4n) is 2.53. The Morgan fingerprint density at radius 3 is 2.37 bits per heavy atom. The smallest absolute Gasteiger partial charge is 0.222 e. The van der Waals surface area contributed by atoms with Gasteiger partial charge in [0.2, 0.25) is 5.91 Å². The molecule has 0 aromatic heterocycles. The van der Waals surface area contributed by atoms with Gasteiger partial charge < -0.3 is 4.90 Å². The average molecular weight is 285 g/mol. The molecule has 1 heterocycles. The van der Waals surface area contributed by atoms with Crippen molar-refractivity contribution in [3.8, 4) is 0 Å². The van der Waals surface area contributed by atoms with E-state index in [1.807, 2.05) is 4.90 Å². The molecule has 0 spiro atoms. The second kappa shape index (κ2) is 11.6. The molecule has 1 rings (SSSR count). The van der Waals surface area contributed by atoms with Gasteiger partial charge in [-0.15, -0.1) is 0 Å². The lowest BCUT2D eigenvalue weighted by Crippen LogP contribution is -2.25. The fourth-order valence-corrected chi connectivity index (χ4v) is 3.55. The molecule has 112 valence electrons. The van der Waals surface area contributed by atoms with Crippen LogP contribution in [-0.4, -0.2) is 35.4 Å². The number of hydrogen-bond donors (Lipinski definition) is 0. The van der Waals surface area contributed by atoms with Gasteiger partial charge in [0.25, 0.3) is 0 Å². The van der Waals surface area contributed by atoms with Crippen LogP contribution in [0.15, 0.2) is 0 Å². The lowest BCUT2D eigenvalue weighted by molar-refractivity contribution is -0.127. The molecule has 2 nitrogen and oxygen atoms in total. The second-order valence-electron chi connectivity index (χ2n) is 5.57. The molecule has 0 unspecified atom stereocenters. The molecule has 0 radical (unpaired) electrons. The van der Waals surface area contributed by atoms with Crippen molar-refractivity contribution < 1.29 is 4.79 Å². The summed E-state index contributed by atoms with van der Waals surface area (Å²) in [6.07, 6.45) is 12.7. The lowest BCUT2D eigenvalue weighted by atomic mass is 10.1. The second-order valence-corrected chi connectivity index (χ2v) is 6.80. The minimum absolute atomic E-state index is 0.375. The first-order chi connectivity index (χ1) is 9.34. The quantitative estimate of drug-likeness (QED) is 0.493. The summed E-state index contributed by atoms with van der Waals surface area (Å²) in [4.78, 5) is 13.4. The van der Waals surface area contributed by atoms with Crippen LogP contribution in [0.3, 0.4) is 0 Å². The van der Waals surface area contributed by atoms with Crippen LogP contribution in [0.25, 0.3) is 0 Å². The monoisotopic (exact) mass is 285 g/mol. The molecule has 1 aliphatic heterocycles. The summed E-state index contributed by atoms with van der Waals surface area (Å²) in [7, 11) is 0. The van der Waals surface area contributed by atoms with Crippen LogP contribution in [-0.2, 0) is 4.79 Å². The molecule has 0 aliphatic carbocycles. The number of hydrogen-bond acceptors (Lipinski definition) is 2. The molecule has 1 aliphatic rings. The zero-order chi connectivity index (χ0) is 13.8. The molecule has 1 fully saturated rings. The van der Waals surface area contributed by atoms with E-state index >= 15 is 0 Å². The number of carbonyl (C=O) groups excluding carboxylic acids is 1. The average Bonchev–Trinajstić information content (AvgIpc) is 2.82. The summed E-state index contributed by atoms with van der Waals surface area (Å²) in [5.74, 6) is 2.98. The Morgan fingerprint density at radius 2 is 1.68 bits per heavy atom. The Bertz CT molecular complexity index is 233. The van der Waals surface area contributed by atoms with E-state index in [-0.39, 0.29) is 0 Å². The van der Waals surface area contributed by atoms with E-state index in [0.717, 1.165) is 25.9 Å². The molecule has 1 amide bonds. The first-order valence-electron chi connectivity index (χ1n) is 8.20. The highest BCUT2D eigenvalue weighted by Gasteiger charge is 2.18. The Kier molecular flexibility index (Phi) is 10.3. The number of nitrogens with zero attached hydrogens (tertiary/aromatic N) is 1. The maximum atomic E-state index is 11.4. The third-order valence-electron chi connectivity index (χ3n) is 3.78. The van der Waals surface area contributed by atoms with E-state index in [2.05, 4.69) is 18.7 Å².